The first kappa shape index (κ1) is 13.4. The molecule has 0 aromatic heterocycles. The van der Waals surface area contributed by atoms with Gasteiger partial charge in [0.25, 0.3) is 0 Å². The van der Waals surface area contributed by atoms with E-state index < -0.39 is 0 Å². The number of hydrogen-bond donors (Lipinski definition) is 1. The lowest BCUT2D eigenvalue weighted by Gasteiger charge is -2.40. The second kappa shape index (κ2) is 6.15. The van der Waals surface area contributed by atoms with E-state index in [0.717, 1.165) is 5.75 Å². The Hall–Kier alpha value is 0.310. The monoisotopic (exact) mass is 229 g/mol. The minimum Gasteiger partial charge on any atom is -0.303 e. The maximum atomic E-state index is 4.59. The minimum atomic E-state index is 0.513. The maximum Gasteiger partial charge on any atom is 0.00614 e. The van der Waals surface area contributed by atoms with Crippen molar-refractivity contribution < 1.29 is 0 Å². The molecule has 0 heterocycles. The molecule has 1 rings (SSSR count). The van der Waals surface area contributed by atoms with E-state index in [-0.39, 0.29) is 0 Å². The Bertz CT molecular complexity index is 175. The van der Waals surface area contributed by atoms with Gasteiger partial charge in [0.05, 0.1) is 0 Å². The van der Waals surface area contributed by atoms with Crippen LogP contribution in [0.1, 0.15) is 52.4 Å². The van der Waals surface area contributed by atoms with E-state index in [1.165, 1.54) is 45.1 Å². The normalized spacial score (nSPS) is 23.0. The van der Waals surface area contributed by atoms with Crippen LogP contribution in [0.3, 0.4) is 0 Å². The van der Waals surface area contributed by atoms with Gasteiger partial charge in [-0.15, -0.1) is 0 Å². The number of rotatable bonds is 5. The summed E-state index contributed by atoms with van der Waals surface area (Å²) < 4.78 is 0. The summed E-state index contributed by atoms with van der Waals surface area (Å²) in [6, 6.07) is 0.712. The van der Waals surface area contributed by atoms with E-state index in [0.29, 0.717) is 11.5 Å². The van der Waals surface area contributed by atoms with Gasteiger partial charge in [-0.25, -0.2) is 0 Å². The molecule has 0 N–H and O–H groups in total. The largest absolute Gasteiger partial charge is 0.303 e. The van der Waals surface area contributed by atoms with Crippen LogP contribution in [0.15, 0.2) is 0 Å². The van der Waals surface area contributed by atoms with Crippen LogP contribution in [0.5, 0.6) is 0 Å². The fourth-order valence-electron chi connectivity index (χ4n) is 2.66. The zero-order valence-corrected chi connectivity index (χ0v) is 11.5. The summed E-state index contributed by atoms with van der Waals surface area (Å²) in [4.78, 5) is 2.53. The number of nitrogens with zero attached hydrogens (tertiary/aromatic N) is 1. The van der Waals surface area contributed by atoms with Gasteiger partial charge in [0.1, 0.15) is 0 Å². The second-order valence-electron chi connectivity index (χ2n) is 5.39. The van der Waals surface area contributed by atoms with Crippen LogP contribution in [0.25, 0.3) is 0 Å². The summed E-state index contributed by atoms with van der Waals surface area (Å²) in [6.45, 7) is 5.84. The lowest BCUT2D eigenvalue weighted by Crippen LogP contribution is -2.42. The topological polar surface area (TPSA) is 3.24 Å². The van der Waals surface area contributed by atoms with Crippen molar-refractivity contribution in [2.24, 2.45) is 5.41 Å². The third kappa shape index (κ3) is 3.67. The van der Waals surface area contributed by atoms with Crippen LogP contribution >= 0.6 is 12.6 Å². The molecule has 1 aliphatic carbocycles. The first-order valence-electron chi connectivity index (χ1n) is 6.44. The Morgan fingerprint density at radius 3 is 2.33 bits per heavy atom. The van der Waals surface area contributed by atoms with E-state index in [1.54, 1.807) is 0 Å². The van der Waals surface area contributed by atoms with Crippen molar-refractivity contribution in [3.05, 3.63) is 0 Å². The van der Waals surface area contributed by atoms with Gasteiger partial charge >= 0.3 is 0 Å². The lowest BCUT2D eigenvalue weighted by atomic mass is 9.75. The van der Waals surface area contributed by atoms with Crippen molar-refractivity contribution in [2.45, 2.75) is 58.4 Å². The molecule has 0 bridgehead atoms. The van der Waals surface area contributed by atoms with E-state index in [9.17, 15) is 0 Å². The van der Waals surface area contributed by atoms with Gasteiger partial charge in [-0.2, -0.15) is 12.6 Å². The molecule has 0 aromatic carbocycles. The quantitative estimate of drug-likeness (QED) is 0.705. The SMILES string of the molecule is CCC(C)N(C)CC1(CS)CCCCC1. The lowest BCUT2D eigenvalue weighted by molar-refractivity contribution is 0.118. The smallest absolute Gasteiger partial charge is 0.00614 e. The van der Waals surface area contributed by atoms with Gasteiger partial charge in [-0.1, -0.05) is 26.2 Å². The summed E-state index contributed by atoms with van der Waals surface area (Å²) in [5, 5.41) is 0. The molecule has 0 aliphatic heterocycles. The molecule has 15 heavy (non-hydrogen) atoms. The van der Waals surface area contributed by atoms with Gasteiger partial charge in [-0.3, -0.25) is 0 Å². The van der Waals surface area contributed by atoms with Crippen LogP contribution in [0, 0.1) is 5.41 Å². The molecule has 90 valence electrons. The average molecular weight is 229 g/mol. The van der Waals surface area contributed by atoms with E-state index in [2.05, 4.69) is 38.4 Å². The Balaban J connectivity index is 2.51. The van der Waals surface area contributed by atoms with Gasteiger partial charge in [0.2, 0.25) is 0 Å². The van der Waals surface area contributed by atoms with Gasteiger partial charge in [-0.05, 0) is 44.4 Å². The van der Waals surface area contributed by atoms with Crippen molar-refractivity contribution >= 4 is 12.6 Å². The molecule has 2 heteroatoms. The molecular formula is C13H27NS. The van der Waals surface area contributed by atoms with Crippen LogP contribution in [-0.4, -0.2) is 30.3 Å². The summed E-state index contributed by atoms with van der Waals surface area (Å²) >= 11 is 4.59. The van der Waals surface area contributed by atoms with Gasteiger partial charge in [0, 0.05) is 12.6 Å². The highest BCUT2D eigenvalue weighted by Gasteiger charge is 2.32. The summed E-state index contributed by atoms with van der Waals surface area (Å²) in [6.07, 6.45) is 8.28. The maximum absolute atomic E-state index is 4.59. The highest BCUT2D eigenvalue weighted by Crippen LogP contribution is 2.38. The Morgan fingerprint density at radius 1 is 1.27 bits per heavy atom. The van der Waals surface area contributed by atoms with E-state index >= 15 is 0 Å². The highest BCUT2D eigenvalue weighted by molar-refractivity contribution is 7.80. The standard InChI is InChI=1S/C13H27NS/c1-4-12(2)14(3)10-13(11-15)8-6-5-7-9-13/h12,15H,4-11H2,1-3H3. The molecule has 0 saturated heterocycles. The first-order chi connectivity index (χ1) is 7.13. The number of hydrogen-bond acceptors (Lipinski definition) is 2. The van der Waals surface area contributed by atoms with Crippen molar-refractivity contribution in [3.8, 4) is 0 Å². The molecule has 1 atom stereocenters. The molecule has 0 amide bonds. The minimum absolute atomic E-state index is 0.513. The molecule has 0 radical (unpaired) electrons. The molecule has 1 saturated carbocycles. The van der Waals surface area contributed by atoms with Crippen molar-refractivity contribution in [2.75, 3.05) is 19.3 Å². The first-order valence-corrected chi connectivity index (χ1v) is 7.08. The third-order valence-electron chi connectivity index (χ3n) is 4.18. The van der Waals surface area contributed by atoms with E-state index in [4.69, 9.17) is 0 Å². The summed E-state index contributed by atoms with van der Waals surface area (Å²) in [5.74, 6) is 1.06. The van der Waals surface area contributed by atoms with Crippen LogP contribution < -0.4 is 0 Å². The molecule has 0 aromatic rings. The fourth-order valence-corrected chi connectivity index (χ4v) is 3.08. The molecule has 1 fully saturated rings. The second-order valence-corrected chi connectivity index (χ2v) is 5.71. The fraction of sp³-hybridized carbons (Fsp3) is 1.00. The number of thiol groups is 1. The summed E-state index contributed by atoms with van der Waals surface area (Å²) in [7, 11) is 2.27. The Labute approximate surface area is 101 Å². The zero-order chi connectivity index (χ0) is 11.3. The van der Waals surface area contributed by atoms with Gasteiger partial charge in [0.15, 0.2) is 0 Å². The van der Waals surface area contributed by atoms with Crippen LogP contribution in [0.4, 0.5) is 0 Å². The molecule has 1 aliphatic rings. The molecular weight excluding hydrogens is 202 g/mol. The zero-order valence-electron chi connectivity index (χ0n) is 10.6. The molecule has 1 unspecified atom stereocenters. The van der Waals surface area contributed by atoms with Crippen LogP contribution in [0.2, 0.25) is 0 Å². The van der Waals surface area contributed by atoms with Gasteiger partial charge < -0.3 is 4.90 Å². The summed E-state index contributed by atoms with van der Waals surface area (Å²) in [5.41, 5.74) is 0.513. The molecule has 1 nitrogen and oxygen atoms in total. The average Bonchev–Trinajstić information content (AvgIpc) is 2.29. The Morgan fingerprint density at radius 2 is 1.87 bits per heavy atom. The van der Waals surface area contributed by atoms with E-state index in [1.807, 2.05) is 0 Å². The van der Waals surface area contributed by atoms with Crippen molar-refractivity contribution in [3.63, 3.8) is 0 Å². The van der Waals surface area contributed by atoms with Crippen molar-refractivity contribution in [1.82, 2.24) is 4.90 Å². The predicted octanol–water partition coefficient (Wildman–Crippen LogP) is 3.60. The third-order valence-corrected chi connectivity index (χ3v) is 4.85. The van der Waals surface area contributed by atoms with Crippen LogP contribution in [-0.2, 0) is 0 Å². The van der Waals surface area contributed by atoms with Crippen molar-refractivity contribution in [1.29, 1.82) is 0 Å². The highest BCUT2D eigenvalue weighted by atomic mass is 32.1. The molecule has 0 spiro atoms. The Kier molecular flexibility index (Phi) is 5.48. The predicted molar refractivity (Wildman–Crippen MR) is 71.8 cm³/mol.